The Morgan fingerprint density at radius 3 is 2.68 bits per heavy atom. The number of carbonyl (C=O) groups excluding carboxylic acids is 1. The molecule has 1 saturated carbocycles. The van der Waals surface area contributed by atoms with E-state index in [1.165, 1.54) is 11.1 Å². The molecule has 11 heteroatoms. The first-order chi connectivity index (χ1) is 23.7. The highest BCUT2D eigenvalue weighted by atomic mass is 35.5. The molecule has 1 saturated heterocycles. The second kappa shape index (κ2) is 13.4. The summed E-state index contributed by atoms with van der Waals surface area (Å²) in [6, 6.07) is 11.7. The summed E-state index contributed by atoms with van der Waals surface area (Å²) in [4.78, 5) is 17.8. The number of likely N-dealkylation sites (tertiary alicyclic amines) is 1. The quantitative estimate of drug-likeness (QED) is 0.273. The first-order valence-electron chi connectivity index (χ1n) is 18.1. The van der Waals surface area contributed by atoms with Gasteiger partial charge in [0, 0.05) is 40.9 Å². The number of allylic oxidation sites excluding steroid dienone is 1. The first-order valence-corrected chi connectivity index (χ1v) is 20.2. The van der Waals surface area contributed by atoms with E-state index in [0.717, 1.165) is 55.1 Å². The molecule has 2 aromatic carbocycles. The third kappa shape index (κ3) is 6.94. The van der Waals surface area contributed by atoms with Gasteiger partial charge in [-0.25, -0.2) is 13.0 Å². The Balaban J connectivity index is 1.25. The average molecular weight is 730 g/mol. The van der Waals surface area contributed by atoms with Crippen LogP contribution in [0.25, 0.3) is 0 Å². The van der Waals surface area contributed by atoms with E-state index in [1.54, 1.807) is 11.0 Å². The predicted octanol–water partition coefficient (Wildman–Crippen LogP) is 6.91. The molecule has 272 valence electrons. The lowest BCUT2D eigenvalue weighted by molar-refractivity contribution is -0.146. The zero-order valence-corrected chi connectivity index (χ0v) is 31.0. The highest BCUT2D eigenvalue weighted by molar-refractivity contribution is 7.99. The fraction of sp³-hybridized carbons (Fsp3) is 0.590. The van der Waals surface area contributed by atoms with E-state index in [1.807, 2.05) is 32.0 Å². The Morgan fingerprint density at radius 1 is 1.14 bits per heavy atom. The number of aryl methyl sites for hydroxylation is 1. The molecule has 50 heavy (non-hydrogen) atoms. The summed E-state index contributed by atoms with van der Waals surface area (Å²) in [7, 11) is -2.99. The smallest absolute Gasteiger partial charge is 0.272 e. The number of amides is 1. The maximum atomic E-state index is 13.9. The standard InChI is InChI=1S/C39H50ClF2N3O4S/c1-26-7-5-15-37(3,49-18-17-44-23-39(41,42)24-44)32-12-9-30(32)21-45-22-38(16-6-8-28-19-31(40)11-13-33(28)38)25-48-35-14-10-29(20-34(35)45)36(46)43-50(4,47)27(26)2/h5,10-11,13-15,19-20,26-27,30,32H,4,6-9,12,16-18,21-25H2,1-3H3,(H,43,46,47)/b15-5+/t26-,27+,30-,32+,37-,38-,50?/m0/s1. The van der Waals surface area contributed by atoms with E-state index in [0.29, 0.717) is 38.3 Å². The highest BCUT2D eigenvalue weighted by Crippen LogP contribution is 2.49. The molecule has 7 rings (SSSR count). The minimum Gasteiger partial charge on any atom is -0.490 e. The SMILES string of the molecule is C=S1(=O)NC(=O)c2ccc3c(c2)N(C[C@@H]2CC[C@H]2[C@@](C)(OCCN2CC(F)(F)C2)/C=C/C[C@H](C)[C@H]1C)C[C@@]1(CCCc2cc(Cl)ccc21)CO3. The number of alkyl halides is 2. The monoisotopic (exact) mass is 729 g/mol. The summed E-state index contributed by atoms with van der Waals surface area (Å²) in [5, 5.41) is 0.346. The van der Waals surface area contributed by atoms with Gasteiger partial charge in [-0.1, -0.05) is 36.7 Å². The van der Waals surface area contributed by atoms with Crippen LogP contribution in [-0.2, 0) is 26.3 Å². The van der Waals surface area contributed by atoms with Gasteiger partial charge in [0.05, 0.1) is 47.3 Å². The van der Waals surface area contributed by atoms with Crippen LogP contribution >= 0.6 is 11.6 Å². The van der Waals surface area contributed by atoms with E-state index >= 15 is 0 Å². The fourth-order valence-corrected chi connectivity index (χ4v) is 10.6. The zero-order valence-electron chi connectivity index (χ0n) is 29.4. The molecule has 5 aliphatic rings. The van der Waals surface area contributed by atoms with E-state index in [9.17, 15) is 17.8 Å². The number of carbonyl (C=O) groups is 1. The zero-order chi connectivity index (χ0) is 35.5. The molecule has 0 radical (unpaired) electrons. The van der Waals surface area contributed by atoms with Crippen LogP contribution in [0.3, 0.4) is 0 Å². The number of rotatable bonds is 4. The fourth-order valence-electron chi connectivity index (χ4n) is 8.91. The van der Waals surface area contributed by atoms with Crippen LogP contribution in [0, 0.1) is 17.8 Å². The van der Waals surface area contributed by atoms with Crippen LogP contribution in [0.1, 0.15) is 74.4 Å². The van der Waals surface area contributed by atoms with E-state index in [-0.39, 0.29) is 41.5 Å². The van der Waals surface area contributed by atoms with Gasteiger partial charge in [-0.05, 0) is 117 Å². The molecule has 3 heterocycles. The van der Waals surface area contributed by atoms with E-state index < -0.39 is 27.1 Å². The van der Waals surface area contributed by atoms with Crippen molar-refractivity contribution in [1.82, 2.24) is 9.62 Å². The summed E-state index contributed by atoms with van der Waals surface area (Å²) in [6.45, 7) is 8.35. The van der Waals surface area contributed by atoms with Gasteiger partial charge >= 0.3 is 0 Å². The predicted molar refractivity (Wildman–Crippen MR) is 197 cm³/mol. The maximum Gasteiger partial charge on any atom is 0.272 e. The van der Waals surface area contributed by atoms with Crippen molar-refractivity contribution < 1.29 is 27.3 Å². The molecule has 2 aliphatic carbocycles. The summed E-state index contributed by atoms with van der Waals surface area (Å²) >= 11 is 6.46. The van der Waals surface area contributed by atoms with Gasteiger partial charge in [0.25, 0.3) is 11.8 Å². The van der Waals surface area contributed by atoms with Gasteiger partial charge in [0.15, 0.2) is 0 Å². The molecule has 0 aromatic heterocycles. The van der Waals surface area contributed by atoms with Crippen molar-refractivity contribution in [2.24, 2.45) is 17.8 Å². The summed E-state index contributed by atoms with van der Waals surface area (Å²) in [6.07, 6.45) is 9.85. The van der Waals surface area contributed by atoms with Crippen LogP contribution in [0.4, 0.5) is 14.5 Å². The van der Waals surface area contributed by atoms with Gasteiger partial charge in [-0.3, -0.25) is 14.4 Å². The van der Waals surface area contributed by atoms with Crippen molar-refractivity contribution in [3.63, 3.8) is 0 Å². The van der Waals surface area contributed by atoms with Crippen molar-refractivity contribution in [1.29, 1.82) is 0 Å². The average Bonchev–Trinajstić information content (AvgIpc) is 3.17. The van der Waals surface area contributed by atoms with Crippen LogP contribution in [-0.4, -0.2) is 83.6 Å². The van der Waals surface area contributed by atoms with Gasteiger partial charge in [-0.15, -0.1) is 0 Å². The van der Waals surface area contributed by atoms with E-state index in [4.69, 9.17) is 21.1 Å². The molecule has 2 bridgehead atoms. The van der Waals surface area contributed by atoms with Crippen molar-refractivity contribution in [2.45, 2.75) is 81.5 Å². The number of fused-ring (bicyclic) bond motifs is 4. The number of nitrogens with zero attached hydrogens (tertiary/aromatic N) is 2. The number of benzene rings is 2. The van der Waals surface area contributed by atoms with Crippen molar-refractivity contribution in [3.05, 3.63) is 70.3 Å². The van der Waals surface area contributed by atoms with Gasteiger partial charge in [0.1, 0.15) is 5.75 Å². The molecule has 1 unspecified atom stereocenters. The van der Waals surface area contributed by atoms with E-state index in [2.05, 4.69) is 46.7 Å². The van der Waals surface area contributed by atoms with Crippen LogP contribution in [0.2, 0.25) is 5.02 Å². The topological polar surface area (TPSA) is 71.1 Å². The summed E-state index contributed by atoms with van der Waals surface area (Å²) < 4.78 is 57.1. The van der Waals surface area contributed by atoms with Crippen LogP contribution < -0.4 is 14.4 Å². The Morgan fingerprint density at radius 2 is 1.94 bits per heavy atom. The third-order valence-corrected chi connectivity index (χ3v) is 14.7. The second-order valence-corrected chi connectivity index (χ2v) is 18.6. The molecule has 2 aromatic rings. The van der Waals surface area contributed by atoms with Crippen molar-refractivity contribution in [3.8, 4) is 5.75 Å². The molecule has 3 aliphatic heterocycles. The molecule has 7 atom stereocenters. The minimum atomic E-state index is -2.99. The lowest BCUT2D eigenvalue weighted by atomic mass is 9.64. The second-order valence-electron chi connectivity index (χ2n) is 15.8. The molecule has 1 spiro atoms. The summed E-state index contributed by atoms with van der Waals surface area (Å²) in [5.74, 6) is 2.15. The number of anilines is 1. The normalized spacial score (nSPS) is 36.1. The number of ether oxygens (including phenoxy) is 2. The molecule has 1 N–H and O–H groups in total. The largest absolute Gasteiger partial charge is 0.490 e. The third-order valence-electron chi connectivity index (χ3n) is 12.3. The molecular weight excluding hydrogens is 680 g/mol. The number of nitrogens with one attached hydrogen (secondary N) is 1. The van der Waals surface area contributed by atoms with Gasteiger partial charge in [0.2, 0.25) is 0 Å². The molecule has 1 amide bonds. The van der Waals surface area contributed by atoms with Gasteiger partial charge < -0.3 is 14.4 Å². The number of hydrogen-bond donors (Lipinski definition) is 1. The Labute approximate surface area is 300 Å². The van der Waals surface area contributed by atoms with Crippen molar-refractivity contribution >= 4 is 38.8 Å². The maximum absolute atomic E-state index is 13.9. The Bertz CT molecular complexity index is 1760. The van der Waals surface area contributed by atoms with Crippen molar-refractivity contribution in [2.75, 3.05) is 50.8 Å². The molecular formula is C39H50ClF2N3O4S. The minimum absolute atomic E-state index is 0.0328. The molecule has 7 nitrogen and oxygen atoms in total. The number of halogens is 3. The van der Waals surface area contributed by atoms with Crippen LogP contribution in [0.15, 0.2) is 48.6 Å². The first kappa shape index (κ1) is 35.7. The highest BCUT2D eigenvalue weighted by Gasteiger charge is 2.48. The van der Waals surface area contributed by atoms with Gasteiger partial charge in [-0.2, -0.15) is 0 Å². The Kier molecular flexibility index (Phi) is 9.57. The lowest BCUT2D eigenvalue weighted by Crippen LogP contribution is -2.57. The lowest BCUT2D eigenvalue weighted by Gasteiger charge is -2.50. The summed E-state index contributed by atoms with van der Waals surface area (Å²) in [5.41, 5.74) is 2.91. The Hall–Kier alpha value is -2.66. The number of hydrogen-bond acceptors (Lipinski definition) is 6. The molecule has 2 fully saturated rings. The van der Waals surface area contributed by atoms with Crippen LogP contribution in [0.5, 0.6) is 5.75 Å².